The van der Waals surface area contributed by atoms with Gasteiger partial charge in [-0.15, -0.1) is 0 Å². The number of benzene rings is 1. The van der Waals surface area contributed by atoms with Crippen LogP contribution in [0.4, 0.5) is 0 Å². The quantitative estimate of drug-likeness (QED) is 0.892. The summed E-state index contributed by atoms with van der Waals surface area (Å²) in [6.45, 7) is 4.70. The number of rotatable bonds is 5. The van der Waals surface area contributed by atoms with Crippen LogP contribution in [0.1, 0.15) is 31.9 Å². The molecule has 0 spiro atoms. The molecule has 0 aliphatic heterocycles. The van der Waals surface area contributed by atoms with Gasteiger partial charge in [0.25, 0.3) is 0 Å². The Balaban J connectivity index is 2.69. The highest BCUT2D eigenvalue weighted by Gasteiger charge is 2.12. The van der Waals surface area contributed by atoms with E-state index in [0.29, 0.717) is 6.54 Å². The van der Waals surface area contributed by atoms with E-state index in [-0.39, 0.29) is 12.2 Å². The van der Waals surface area contributed by atoms with Gasteiger partial charge in [0.1, 0.15) is 0 Å². The van der Waals surface area contributed by atoms with E-state index >= 15 is 0 Å². The molecule has 2 N–H and O–H groups in total. The molecule has 0 bridgehead atoms. The zero-order valence-electron chi connectivity index (χ0n) is 9.24. The highest BCUT2D eigenvalue weighted by Crippen LogP contribution is 2.21. The second kappa shape index (κ2) is 6.26. The summed E-state index contributed by atoms with van der Waals surface area (Å²) in [5.74, 6) is 0. The van der Waals surface area contributed by atoms with Crippen LogP contribution < -0.4 is 5.73 Å². The van der Waals surface area contributed by atoms with Crippen LogP contribution in [0.15, 0.2) is 28.7 Å². The van der Waals surface area contributed by atoms with Crippen molar-refractivity contribution in [1.82, 2.24) is 0 Å². The Bertz CT molecular complexity index is 286. The lowest BCUT2D eigenvalue weighted by molar-refractivity contribution is -0.0000302. The van der Waals surface area contributed by atoms with Crippen LogP contribution in [-0.4, -0.2) is 12.6 Å². The molecule has 3 heteroatoms. The zero-order valence-corrected chi connectivity index (χ0v) is 10.8. The first kappa shape index (κ1) is 12.7. The van der Waals surface area contributed by atoms with E-state index in [1.54, 1.807) is 0 Å². The second-order valence-electron chi connectivity index (χ2n) is 3.63. The van der Waals surface area contributed by atoms with Crippen molar-refractivity contribution in [3.63, 3.8) is 0 Å². The third-order valence-corrected chi connectivity index (χ3v) is 2.96. The van der Waals surface area contributed by atoms with Crippen molar-refractivity contribution in [3.05, 3.63) is 34.3 Å². The van der Waals surface area contributed by atoms with Crippen LogP contribution in [0.25, 0.3) is 0 Å². The SMILES string of the molecule is CCC(C)OC(CN)c1ccc(Br)cc1. The Labute approximate surface area is 99.9 Å². The predicted molar refractivity (Wildman–Crippen MR) is 66.8 cm³/mol. The van der Waals surface area contributed by atoms with E-state index in [2.05, 4.69) is 29.8 Å². The molecule has 0 saturated carbocycles. The highest BCUT2D eigenvalue weighted by atomic mass is 79.9. The molecule has 1 rings (SSSR count). The van der Waals surface area contributed by atoms with Crippen LogP contribution in [0.5, 0.6) is 0 Å². The van der Waals surface area contributed by atoms with Gasteiger partial charge < -0.3 is 10.5 Å². The summed E-state index contributed by atoms with van der Waals surface area (Å²) in [6, 6.07) is 8.11. The van der Waals surface area contributed by atoms with Gasteiger partial charge in [0.15, 0.2) is 0 Å². The van der Waals surface area contributed by atoms with E-state index in [9.17, 15) is 0 Å². The average Bonchev–Trinajstić information content (AvgIpc) is 2.27. The lowest BCUT2D eigenvalue weighted by Gasteiger charge is -2.20. The predicted octanol–water partition coefficient (Wildman–Crippen LogP) is 3.26. The number of nitrogens with two attached hydrogens (primary N) is 1. The summed E-state index contributed by atoms with van der Waals surface area (Å²) in [6.07, 6.45) is 1.27. The maximum absolute atomic E-state index is 5.83. The first-order valence-electron chi connectivity index (χ1n) is 5.28. The molecule has 0 heterocycles. The van der Waals surface area contributed by atoms with Gasteiger partial charge in [-0.2, -0.15) is 0 Å². The largest absolute Gasteiger partial charge is 0.369 e. The fourth-order valence-electron chi connectivity index (χ4n) is 1.32. The number of ether oxygens (including phenoxy) is 1. The van der Waals surface area contributed by atoms with E-state index < -0.39 is 0 Å². The number of hydrogen-bond acceptors (Lipinski definition) is 2. The number of halogens is 1. The first-order valence-corrected chi connectivity index (χ1v) is 6.07. The molecule has 2 atom stereocenters. The van der Waals surface area contributed by atoms with Gasteiger partial charge in [-0.05, 0) is 31.0 Å². The lowest BCUT2D eigenvalue weighted by Crippen LogP contribution is -2.20. The maximum Gasteiger partial charge on any atom is 0.0950 e. The van der Waals surface area contributed by atoms with Gasteiger partial charge in [-0.1, -0.05) is 35.0 Å². The second-order valence-corrected chi connectivity index (χ2v) is 4.55. The Morgan fingerprint density at radius 2 is 1.93 bits per heavy atom. The summed E-state index contributed by atoms with van der Waals surface area (Å²) in [5, 5.41) is 0. The minimum Gasteiger partial charge on any atom is -0.369 e. The van der Waals surface area contributed by atoms with Gasteiger partial charge >= 0.3 is 0 Å². The molecule has 0 aliphatic carbocycles. The minimum absolute atomic E-state index is 0.00745. The van der Waals surface area contributed by atoms with Crippen molar-refractivity contribution in [1.29, 1.82) is 0 Å². The molecule has 0 aliphatic rings. The van der Waals surface area contributed by atoms with Gasteiger partial charge in [0, 0.05) is 11.0 Å². The third kappa shape index (κ3) is 3.93. The maximum atomic E-state index is 5.83. The molecule has 0 radical (unpaired) electrons. The number of hydrogen-bond donors (Lipinski definition) is 1. The standard InChI is InChI=1S/C12H18BrNO/c1-3-9(2)15-12(8-14)10-4-6-11(13)7-5-10/h4-7,9,12H,3,8,14H2,1-2H3. The molecule has 2 nitrogen and oxygen atoms in total. The molecule has 84 valence electrons. The fraction of sp³-hybridized carbons (Fsp3) is 0.500. The molecule has 0 fully saturated rings. The van der Waals surface area contributed by atoms with Crippen molar-refractivity contribution in [2.24, 2.45) is 5.73 Å². The molecule has 15 heavy (non-hydrogen) atoms. The Morgan fingerprint density at radius 1 is 1.33 bits per heavy atom. The smallest absolute Gasteiger partial charge is 0.0950 e. The van der Waals surface area contributed by atoms with Gasteiger partial charge in [-0.25, -0.2) is 0 Å². The average molecular weight is 272 g/mol. The summed E-state index contributed by atoms with van der Waals surface area (Å²) >= 11 is 3.41. The van der Waals surface area contributed by atoms with Crippen molar-refractivity contribution < 1.29 is 4.74 Å². The highest BCUT2D eigenvalue weighted by molar-refractivity contribution is 9.10. The summed E-state index contributed by atoms with van der Waals surface area (Å²) in [4.78, 5) is 0. The molecular formula is C12H18BrNO. The van der Waals surface area contributed by atoms with Gasteiger partial charge in [0.05, 0.1) is 12.2 Å². The third-order valence-electron chi connectivity index (χ3n) is 2.43. The normalized spacial score (nSPS) is 14.9. The van der Waals surface area contributed by atoms with Crippen LogP contribution in [0, 0.1) is 0 Å². The fourth-order valence-corrected chi connectivity index (χ4v) is 1.59. The molecule has 0 aromatic heterocycles. The van der Waals surface area contributed by atoms with Crippen LogP contribution in [0.2, 0.25) is 0 Å². The minimum atomic E-state index is 0.00745. The van der Waals surface area contributed by atoms with E-state index in [1.165, 1.54) is 0 Å². The van der Waals surface area contributed by atoms with Crippen molar-refractivity contribution >= 4 is 15.9 Å². The van der Waals surface area contributed by atoms with Crippen molar-refractivity contribution in [3.8, 4) is 0 Å². The van der Waals surface area contributed by atoms with E-state index in [4.69, 9.17) is 10.5 Å². The Morgan fingerprint density at radius 3 is 2.40 bits per heavy atom. The van der Waals surface area contributed by atoms with E-state index in [0.717, 1.165) is 16.5 Å². The monoisotopic (exact) mass is 271 g/mol. The summed E-state index contributed by atoms with van der Waals surface area (Å²) in [5.41, 5.74) is 6.85. The Kier molecular flexibility index (Phi) is 5.29. The topological polar surface area (TPSA) is 35.2 Å². The van der Waals surface area contributed by atoms with Crippen LogP contribution in [-0.2, 0) is 4.74 Å². The summed E-state index contributed by atoms with van der Waals surface area (Å²) in [7, 11) is 0. The Hall–Kier alpha value is -0.380. The molecule has 1 aromatic rings. The van der Waals surface area contributed by atoms with E-state index in [1.807, 2.05) is 24.3 Å². The van der Waals surface area contributed by atoms with Crippen molar-refractivity contribution in [2.45, 2.75) is 32.5 Å². The molecule has 0 saturated heterocycles. The van der Waals surface area contributed by atoms with Gasteiger partial charge in [-0.3, -0.25) is 0 Å². The molecular weight excluding hydrogens is 254 g/mol. The molecule has 2 unspecified atom stereocenters. The zero-order chi connectivity index (χ0) is 11.3. The lowest BCUT2D eigenvalue weighted by atomic mass is 10.1. The molecule has 1 aromatic carbocycles. The van der Waals surface area contributed by atoms with Crippen LogP contribution in [0.3, 0.4) is 0 Å². The van der Waals surface area contributed by atoms with Crippen LogP contribution >= 0.6 is 15.9 Å². The summed E-state index contributed by atoms with van der Waals surface area (Å²) < 4.78 is 6.91. The van der Waals surface area contributed by atoms with Crippen molar-refractivity contribution in [2.75, 3.05) is 6.54 Å². The van der Waals surface area contributed by atoms with Gasteiger partial charge in [0.2, 0.25) is 0 Å². The first-order chi connectivity index (χ1) is 7.17. The molecule has 0 amide bonds.